The first-order chi connectivity index (χ1) is 13.2. The zero-order valence-corrected chi connectivity index (χ0v) is 17.3. The molecule has 2 aromatic rings. The summed E-state index contributed by atoms with van der Waals surface area (Å²) in [6, 6.07) is 11.4. The molecule has 0 aliphatic heterocycles. The normalized spacial score (nSPS) is 11.3. The van der Waals surface area contributed by atoms with Gasteiger partial charge in [0.25, 0.3) is 10.0 Å². The van der Waals surface area contributed by atoms with Crippen LogP contribution in [-0.2, 0) is 19.5 Å². The minimum atomic E-state index is -3.94. The summed E-state index contributed by atoms with van der Waals surface area (Å²) >= 11 is 0. The van der Waals surface area contributed by atoms with E-state index >= 15 is 0 Å². The maximum atomic E-state index is 13.0. The van der Waals surface area contributed by atoms with Crippen LogP contribution in [-0.4, -0.2) is 40.8 Å². The van der Waals surface area contributed by atoms with E-state index in [1.165, 1.54) is 12.1 Å². The molecule has 7 nitrogen and oxygen atoms in total. The van der Waals surface area contributed by atoms with Crippen LogP contribution >= 0.6 is 0 Å². The van der Waals surface area contributed by atoms with Gasteiger partial charge in [-0.25, -0.2) is 13.2 Å². The lowest BCUT2D eigenvalue weighted by Crippen LogP contribution is -2.18. The minimum absolute atomic E-state index is 0.0395. The number of hydrogen-bond donors (Lipinski definition) is 2. The van der Waals surface area contributed by atoms with Gasteiger partial charge in [0.2, 0.25) is 0 Å². The van der Waals surface area contributed by atoms with Crippen molar-refractivity contribution in [1.82, 2.24) is 0 Å². The van der Waals surface area contributed by atoms with E-state index in [0.29, 0.717) is 24.5 Å². The Bertz CT molecular complexity index is 909. The van der Waals surface area contributed by atoms with Gasteiger partial charge in [-0.2, -0.15) is 0 Å². The van der Waals surface area contributed by atoms with Crippen molar-refractivity contribution in [1.29, 1.82) is 0 Å². The Morgan fingerprint density at radius 1 is 1.11 bits per heavy atom. The van der Waals surface area contributed by atoms with Crippen molar-refractivity contribution in [2.75, 3.05) is 30.3 Å². The first kappa shape index (κ1) is 21.7. The fraction of sp³-hybridized carbons (Fsp3) is 0.350. The van der Waals surface area contributed by atoms with Crippen LogP contribution in [0.2, 0.25) is 0 Å². The third kappa shape index (κ3) is 5.97. The summed E-state index contributed by atoms with van der Waals surface area (Å²) in [7, 11) is -2.38. The number of benzene rings is 2. The molecule has 28 heavy (non-hydrogen) atoms. The topological polar surface area (TPSA) is 93.7 Å². The van der Waals surface area contributed by atoms with Crippen molar-refractivity contribution in [2.24, 2.45) is 0 Å². The van der Waals surface area contributed by atoms with Crippen LogP contribution in [0.1, 0.15) is 29.8 Å². The molecule has 0 fully saturated rings. The number of ether oxygens (including phenoxy) is 2. The van der Waals surface area contributed by atoms with Crippen LogP contribution in [0.25, 0.3) is 0 Å². The summed E-state index contributed by atoms with van der Waals surface area (Å²) in [5.41, 5.74) is 1.99. The van der Waals surface area contributed by atoms with Gasteiger partial charge in [0.05, 0.1) is 24.0 Å². The molecule has 0 heterocycles. The van der Waals surface area contributed by atoms with E-state index in [2.05, 4.69) is 10.0 Å². The number of rotatable bonds is 9. The number of nitrogens with one attached hydrogen (secondary N) is 2. The first-order valence-electron chi connectivity index (χ1n) is 8.90. The molecule has 0 atom stereocenters. The molecule has 0 saturated heterocycles. The molecule has 0 aromatic heterocycles. The number of methoxy groups -OCH3 is 1. The summed E-state index contributed by atoms with van der Waals surface area (Å²) in [5.74, 6) is -0.578. The van der Waals surface area contributed by atoms with Crippen molar-refractivity contribution in [3.63, 3.8) is 0 Å². The van der Waals surface area contributed by atoms with Crippen molar-refractivity contribution in [3.8, 4) is 0 Å². The molecule has 0 aliphatic carbocycles. The van der Waals surface area contributed by atoms with E-state index in [1.807, 2.05) is 19.1 Å². The smallest absolute Gasteiger partial charge is 0.338 e. The quantitative estimate of drug-likeness (QED) is 0.490. The molecule has 152 valence electrons. The van der Waals surface area contributed by atoms with Gasteiger partial charge in [0, 0.05) is 19.3 Å². The predicted octanol–water partition coefficient (Wildman–Crippen LogP) is 3.42. The highest BCUT2D eigenvalue weighted by Crippen LogP contribution is 2.26. The van der Waals surface area contributed by atoms with Crippen LogP contribution in [0.4, 0.5) is 11.4 Å². The van der Waals surface area contributed by atoms with Gasteiger partial charge in [0.15, 0.2) is 0 Å². The lowest BCUT2D eigenvalue weighted by molar-refractivity contribution is 0.0377. The van der Waals surface area contributed by atoms with Gasteiger partial charge < -0.3 is 14.8 Å². The Morgan fingerprint density at radius 2 is 1.79 bits per heavy atom. The Morgan fingerprint density at radius 3 is 2.39 bits per heavy atom. The zero-order valence-electron chi connectivity index (χ0n) is 16.5. The Labute approximate surface area is 166 Å². The third-order valence-corrected chi connectivity index (χ3v) is 5.20. The molecule has 8 heteroatoms. The average Bonchev–Trinajstić information content (AvgIpc) is 2.63. The molecule has 0 radical (unpaired) electrons. The number of carbonyl (C=O) groups excluding carboxylic acids is 1. The monoisotopic (exact) mass is 406 g/mol. The predicted molar refractivity (Wildman–Crippen MR) is 109 cm³/mol. The fourth-order valence-corrected chi connectivity index (χ4v) is 3.69. The highest BCUT2D eigenvalue weighted by atomic mass is 32.2. The standard InChI is InChI=1S/C20H26N2O5S/c1-14(2)27-20(23)16-7-10-18(21-11-12-26-4)19(13-16)28(24,25)22-17-8-5-15(3)6-9-17/h5-10,13-14,21-22H,11-12H2,1-4H3. The summed E-state index contributed by atoms with van der Waals surface area (Å²) in [4.78, 5) is 12.2. The lowest BCUT2D eigenvalue weighted by atomic mass is 10.2. The Balaban J connectivity index is 2.40. The lowest BCUT2D eigenvalue weighted by Gasteiger charge is -2.16. The maximum absolute atomic E-state index is 13.0. The molecule has 2 N–H and O–H groups in total. The van der Waals surface area contributed by atoms with E-state index < -0.39 is 16.0 Å². The zero-order chi connectivity index (χ0) is 20.7. The molecule has 2 aromatic carbocycles. The second kappa shape index (κ2) is 9.57. The number of anilines is 2. The summed E-state index contributed by atoms with van der Waals surface area (Å²) in [6.07, 6.45) is -0.308. The van der Waals surface area contributed by atoms with Gasteiger partial charge in [-0.1, -0.05) is 17.7 Å². The fourth-order valence-electron chi connectivity index (χ4n) is 2.42. The Hall–Kier alpha value is -2.58. The van der Waals surface area contributed by atoms with Crippen LogP contribution in [0.5, 0.6) is 0 Å². The van der Waals surface area contributed by atoms with Crippen molar-refractivity contribution in [3.05, 3.63) is 53.6 Å². The number of carbonyl (C=O) groups is 1. The largest absolute Gasteiger partial charge is 0.459 e. The molecule has 0 aliphatic rings. The molecule has 0 unspecified atom stereocenters. The number of aryl methyl sites for hydroxylation is 1. The first-order valence-corrected chi connectivity index (χ1v) is 10.4. The van der Waals surface area contributed by atoms with Crippen molar-refractivity contribution >= 4 is 27.4 Å². The second-order valence-electron chi connectivity index (χ2n) is 6.56. The number of sulfonamides is 1. The van der Waals surface area contributed by atoms with Gasteiger partial charge >= 0.3 is 5.97 Å². The summed E-state index contributed by atoms with van der Waals surface area (Å²) < 4.78 is 38.7. The van der Waals surface area contributed by atoms with E-state index in [0.717, 1.165) is 5.56 Å². The van der Waals surface area contributed by atoms with E-state index in [9.17, 15) is 13.2 Å². The summed E-state index contributed by atoms with van der Waals surface area (Å²) in [5, 5.41) is 3.03. The molecule has 2 rings (SSSR count). The van der Waals surface area contributed by atoms with Gasteiger partial charge in [0.1, 0.15) is 4.90 Å². The summed E-state index contributed by atoms with van der Waals surface area (Å²) in [6.45, 7) is 6.20. The van der Waals surface area contributed by atoms with Crippen LogP contribution in [0, 0.1) is 6.92 Å². The number of hydrogen-bond acceptors (Lipinski definition) is 6. The van der Waals surface area contributed by atoms with E-state index in [4.69, 9.17) is 9.47 Å². The van der Waals surface area contributed by atoms with Crippen molar-refractivity contribution < 1.29 is 22.7 Å². The molecule has 0 saturated carbocycles. The molecule has 0 spiro atoms. The van der Waals surface area contributed by atoms with Gasteiger partial charge in [-0.05, 0) is 51.1 Å². The maximum Gasteiger partial charge on any atom is 0.338 e. The van der Waals surface area contributed by atoms with Crippen LogP contribution in [0.15, 0.2) is 47.4 Å². The Kier molecular flexibility index (Phi) is 7.42. The molecule has 0 bridgehead atoms. The average molecular weight is 407 g/mol. The van der Waals surface area contributed by atoms with Crippen LogP contribution in [0.3, 0.4) is 0 Å². The molecular weight excluding hydrogens is 380 g/mol. The van der Waals surface area contributed by atoms with Crippen molar-refractivity contribution in [2.45, 2.75) is 31.8 Å². The van der Waals surface area contributed by atoms with Gasteiger partial charge in [-0.15, -0.1) is 0 Å². The highest BCUT2D eigenvalue weighted by Gasteiger charge is 2.22. The van der Waals surface area contributed by atoms with Gasteiger partial charge in [-0.3, -0.25) is 4.72 Å². The molecule has 0 amide bonds. The SMILES string of the molecule is COCCNc1ccc(C(=O)OC(C)C)cc1S(=O)(=O)Nc1ccc(C)cc1. The highest BCUT2D eigenvalue weighted by molar-refractivity contribution is 7.92. The minimum Gasteiger partial charge on any atom is -0.459 e. The van der Waals surface area contributed by atoms with Crippen LogP contribution < -0.4 is 10.0 Å². The van der Waals surface area contributed by atoms with E-state index in [-0.39, 0.29) is 16.6 Å². The number of esters is 1. The second-order valence-corrected chi connectivity index (χ2v) is 8.21. The third-order valence-electron chi connectivity index (χ3n) is 3.77. The molecular formula is C20H26N2O5S. The van der Waals surface area contributed by atoms with E-state index in [1.54, 1.807) is 39.2 Å².